The molecule has 0 fully saturated rings. The highest BCUT2D eigenvalue weighted by molar-refractivity contribution is 5.95. The minimum absolute atomic E-state index is 0.318. The Hall–Kier alpha value is -4.11. The molecule has 3 aromatic carbocycles. The van der Waals surface area contributed by atoms with Crippen molar-refractivity contribution in [3.8, 4) is 17.6 Å². The van der Waals surface area contributed by atoms with Gasteiger partial charge in [-0.3, -0.25) is 4.79 Å². The van der Waals surface area contributed by atoms with Gasteiger partial charge in [0.05, 0.1) is 24.5 Å². The number of nitriles is 1. The molecule has 1 amide bonds. The Kier molecular flexibility index (Phi) is 7.17. The van der Waals surface area contributed by atoms with Gasteiger partial charge in [-0.25, -0.2) is 5.43 Å². The SMILES string of the molecule is CCOc1ccc(C(=O)N/N=C/c2ccccc2OCc2cccc(C#N)c2)cc1. The van der Waals surface area contributed by atoms with Crippen LogP contribution in [-0.4, -0.2) is 18.7 Å². The molecule has 0 heterocycles. The van der Waals surface area contributed by atoms with Crippen molar-refractivity contribution < 1.29 is 14.3 Å². The third-order valence-corrected chi connectivity index (χ3v) is 4.17. The molecular weight excluding hydrogens is 378 g/mol. The Bertz CT molecular complexity index is 1070. The number of para-hydroxylation sites is 1. The van der Waals surface area contributed by atoms with Crippen LogP contribution in [-0.2, 0) is 6.61 Å². The fraction of sp³-hybridized carbons (Fsp3) is 0.125. The molecule has 150 valence electrons. The Morgan fingerprint density at radius 2 is 1.87 bits per heavy atom. The van der Waals surface area contributed by atoms with Gasteiger partial charge >= 0.3 is 0 Å². The number of benzene rings is 3. The highest BCUT2D eigenvalue weighted by Crippen LogP contribution is 2.18. The van der Waals surface area contributed by atoms with E-state index in [9.17, 15) is 4.79 Å². The fourth-order valence-corrected chi connectivity index (χ4v) is 2.70. The van der Waals surface area contributed by atoms with Crippen LogP contribution < -0.4 is 14.9 Å². The van der Waals surface area contributed by atoms with E-state index >= 15 is 0 Å². The van der Waals surface area contributed by atoms with Gasteiger partial charge in [0, 0.05) is 11.1 Å². The van der Waals surface area contributed by atoms with Crippen LogP contribution in [0.25, 0.3) is 0 Å². The molecule has 1 N–H and O–H groups in total. The van der Waals surface area contributed by atoms with Gasteiger partial charge in [-0.15, -0.1) is 0 Å². The molecule has 0 bridgehead atoms. The van der Waals surface area contributed by atoms with Crippen LogP contribution in [0.1, 0.15) is 34.0 Å². The number of rotatable bonds is 8. The van der Waals surface area contributed by atoms with Crippen LogP contribution in [0.5, 0.6) is 11.5 Å². The molecule has 0 atom stereocenters. The molecule has 0 radical (unpaired) electrons. The van der Waals surface area contributed by atoms with Gasteiger partial charge in [0.2, 0.25) is 0 Å². The van der Waals surface area contributed by atoms with Gasteiger partial charge in [-0.2, -0.15) is 10.4 Å². The van der Waals surface area contributed by atoms with E-state index in [-0.39, 0.29) is 5.91 Å². The largest absolute Gasteiger partial charge is 0.494 e. The van der Waals surface area contributed by atoms with Crippen molar-refractivity contribution in [1.29, 1.82) is 5.26 Å². The van der Waals surface area contributed by atoms with E-state index in [4.69, 9.17) is 14.7 Å². The summed E-state index contributed by atoms with van der Waals surface area (Å²) in [4.78, 5) is 12.2. The lowest BCUT2D eigenvalue weighted by Gasteiger charge is -2.09. The maximum atomic E-state index is 12.2. The van der Waals surface area contributed by atoms with E-state index < -0.39 is 0 Å². The average Bonchev–Trinajstić information content (AvgIpc) is 2.79. The van der Waals surface area contributed by atoms with E-state index in [0.717, 1.165) is 11.1 Å². The summed E-state index contributed by atoms with van der Waals surface area (Å²) in [5.74, 6) is 1.02. The van der Waals surface area contributed by atoms with Crippen LogP contribution >= 0.6 is 0 Å². The van der Waals surface area contributed by atoms with Crippen molar-refractivity contribution in [2.24, 2.45) is 5.10 Å². The van der Waals surface area contributed by atoms with E-state index in [1.165, 1.54) is 6.21 Å². The van der Waals surface area contributed by atoms with Gasteiger partial charge in [0.25, 0.3) is 5.91 Å². The van der Waals surface area contributed by atoms with Crippen LogP contribution in [0.15, 0.2) is 77.9 Å². The second-order valence-electron chi connectivity index (χ2n) is 6.30. The number of carbonyl (C=O) groups is 1. The first-order valence-electron chi connectivity index (χ1n) is 9.46. The zero-order chi connectivity index (χ0) is 21.2. The lowest BCUT2D eigenvalue weighted by molar-refractivity contribution is 0.0955. The second-order valence-corrected chi connectivity index (χ2v) is 6.30. The quantitative estimate of drug-likeness (QED) is 0.452. The fourth-order valence-electron chi connectivity index (χ4n) is 2.70. The highest BCUT2D eigenvalue weighted by Gasteiger charge is 2.05. The first-order valence-corrected chi connectivity index (χ1v) is 9.46. The average molecular weight is 399 g/mol. The molecule has 0 aliphatic heterocycles. The predicted molar refractivity (Wildman–Crippen MR) is 115 cm³/mol. The summed E-state index contributed by atoms with van der Waals surface area (Å²) in [6, 6.07) is 23.6. The number of hydrogen-bond donors (Lipinski definition) is 1. The molecular formula is C24H21N3O3. The number of carbonyl (C=O) groups excluding carboxylic acids is 1. The normalized spacial score (nSPS) is 10.4. The lowest BCUT2D eigenvalue weighted by atomic mass is 10.1. The summed E-state index contributed by atoms with van der Waals surface area (Å²) >= 11 is 0. The molecule has 0 saturated carbocycles. The molecule has 0 spiro atoms. The van der Waals surface area contributed by atoms with Crippen molar-refractivity contribution in [2.75, 3.05) is 6.61 Å². The summed E-state index contributed by atoms with van der Waals surface area (Å²) in [5.41, 5.74) is 5.20. The van der Waals surface area contributed by atoms with E-state index in [1.807, 2.05) is 43.3 Å². The van der Waals surface area contributed by atoms with Gasteiger partial charge < -0.3 is 9.47 Å². The zero-order valence-corrected chi connectivity index (χ0v) is 16.5. The first-order chi connectivity index (χ1) is 14.7. The Morgan fingerprint density at radius 3 is 2.63 bits per heavy atom. The molecule has 3 rings (SSSR count). The zero-order valence-electron chi connectivity index (χ0n) is 16.5. The van der Waals surface area contributed by atoms with Crippen LogP contribution in [0, 0.1) is 11.3 Å². The van der Waals surface area contributed by atoms with Crippen molar-refractivity contribution in [3.05, 3.63) is 95.1 Å². The minimum Gasteiger partial charge on any atom is -0.494 e. The Morgan fingerprint density at radius 1 is 1.07 bits per heavy atom. The summed E-state index contributed by atoms with van der Waals surface area (Å²) in [6.45, 7) is 2.79. The predicted octanol–water partition coefficient (Wildman–Crippen LogP) is 4.30. The first kappa shape index (κ1) is 20.6. The molecule has 6 heteroatoms. The van der Waals surface area contributed by atoms with Gasteiger partial charge in [0.15, 0.2) is 0 Å². The highest BCUT2D eigenvalue weighted by atomic mass is 16.5. The van der Waals surface area contributed by atoms with E-state index in [2.05, 4.69) is 16.6 Å². The van der Waals surface area contributed by atoms with Gasteiger partial charge in [-0.05, 0) is 61.0 Å². The molecule has 3 aromatic rings. The smallest absolute Gasteiger partial charge is 0.271 e. The lowest BCUT2D eigenvalue weighted by Crippen LogP contribution is -2.17. The molecule has 0 unspecified atom stereocenters. The third kappa shape index (κ3) is 5.69. The monoisotopic (exact) mass is 399 g/mol. The number of hydrogen-bond acceptors (Lipinski definition) is 5. The standard InChI is InChI=1S/C24H21N3O3/c1-2-29-22-12-10-20(11-13-22)24(28)27-26-16-21-8-3-4-9-23(21)30-17-19-7-5-6-18(14-19)15-25/h3-14,16H,2,17H2,1H3,(H,27,28)/b26-16+. The second kappa shape index (κ2) is 10.4. The summed E-state index contributed by atoms with van der Waals surface area (Å²) in [7, 11) is 0. The number of ether oxygens (including phenoxy) is 2. The molecule has 6 nitrogen and oxygen atoms in total. The van der Waals surface area contributed by atoms with Gasteiger partial charge in [-0.1, -0.05) is 24.3 Å². The van der Waals surface area contributed by atoms with Crippen molar-refractivity contribution >= 4 is 12.1 Å². The molecule has 30 heavy (non-hydrogen) atoms. The Balaban J connectivity index is 1.61. The number of nitrogens with zero attached hydrogens (tertiary/aromatic N) is 2. The molecule has 0 aromatic heterocycles. The summed E-state index contributed by atoms with van der Waals surface area (Å²) in [5, 5.41) is 13.0. The maximum Gasteiger partial charge on any atom is 0.271 e. The van der Waals surface area contributed by atoms with E-state index in [0.29, 0.717) is 35.8 Å². The third-order valence-electron chi connectivity index (χ3n) is 4.17. The van der Waals surface area contributed by atoms with Crippen LogP contribution in [0.2, 0.25) is 0 Å². The molecule has 0 saturated heterocycles. The topological polar surface area (TPSA) is 83.7 Å². The van der Waals surface area contributed by atoms with Crippen molar-refractivity contribution in [3.63, 3.8) is 0 Å². The van der Waals surface area contributed by atoms with Crippen molar-refractivity contribution in [1.82, 2.24) is 5.43 Å². The molecule has 0 aliphatic carbocycles. The van der Waals surface area contributed by atoms with Crippen molar-refractivity contribution in [2.45, 2.75) is 13.5 Å². The van der Waals surface area contributed by atoms with Gasteiger partial charge in [0.1, 0.15) is 18.1 Å². The van der Waals surface area contributed by atoms with E-state index in [1.54, 1.807) is 36.4 Å². The van der Waals surface area contributed by atoms with Crippen LogP contribution in [0.3, 0.4) is 0 Å². The number of nitrogens with one attached hydrogen (secondary N) is 1. The summed E-state index contributed by atoms with van der Waals surface area (Å²) in [6.07, 6.45) is 1.54. The minimum atomic E-state index is -0.319. The Labute approximate surface area is 175 Å². The summed E-state index contributed by atoms with van der Waals surface area (Å²) < 4.78 is 11.2. The number of hydrazone groups is 1. The number of amides is 1. The maximum absolute atomic E-state index is 12.2. The van der Waals surface area contributed by atoms with Crippen LogP contribution in [0.4, 0.5) is 0 Å². The molecule has 0 aliphatic rings.